The first kappa shape index (κ1) is 25.9. The van der Waals surface area contributed by atoms with E-state index < -0.39 is 6.16 Å². The zero-order valence-corrected chi connectivity index (χ0v) is 22.4. The normalized spacial score (nSPS) is 43.0. The van der Waals surface area contributed by atoms with Gasteiger partial charge in [-0.15, -0.1) is 0 Å². The summed E-state index contributed by atoms with van der Waals surface area (Å²) in [6, 6.07) is 0. The number of fused-ring (bicyclic) bond motifs is 1. The molecule has 0 heterocycles. The van der Waals surface area contributed by atoms with Gasteiger partial charge in [0, 0.05) is 0 Å². The first-order valence-corrected chi connectivity index (χ1v) is 13.8. The van der Waals surface area contributed by atoms with E-state index in [-0.39, 0.29) is 6.10 Å². The lowest BCUT2D eigenvalue weighted by Crippen LogP contribution is -2.50. The minimum Gasteiger partial charge on any atom is -0.438 e. The predicted molar refractivity (Wildman–Crippen MR) is 132 cm³/mol. The number of methoxy groups -OCH3 is 1. The van der Waals surface area contributed by atoms with E-state index in [1.54, 1.807) is 0 Å². The predicted octanol–water partition coefficient (Wildman–Crippen LogP) is 8.51. The van der Waals surface area contributed by atoms with Crippen LogP contribution in [-0.4, -0.2) is 19.4 Å². The van der Waals surface area contributed by atoms with Gasteiger partial charge in [0.05, 0.1) is 7.11 Å². The highest BCUT2D eigenvalue weighted by molar-refractivity contribution is 5.59. The van der Waals surface area contributed by atoms with E-state index in [1.807, 2.05) is 0 Å². The number of hydrogen-bond acceptors (Lipinski definition) is 3. The Balaban J connectivity index is 1.64. The zero-order valence-electron chi connectivity index (χ0n) is 22.4. The van der Waals surface area contributed by atoms with Crippen LogP contribution < -0.4 is 0 Å². The molecule has 32 heavy (non-hydrogen) atoms. The maximum absolute atomic E-state index is 11.6. The van der Waals surface area contributed by atoms with E-state index in [9.17, 15) is 4.79 Å². The van der Waals surface area contributed by atoms with Crippen LogP contribution in [0.1, 0.15) is 113 Å². The molecule has 0 saturated heterocycles. The summed E-state index contributed by atoms with van der Waals surface area (Å²) in [6.07, 6.45) is 12.5. The second kappa shape index (κ2) is 10.3. The van der Waals surface area contributed by atoms with Gasteiger partial charge in [0.25, 0.3) is 0 Å². The summed E-state index contributed by atoms with van der Waals surface area (Å²) in [5.74, 6) is 5.67. The van der Waals surface area contributed by atoms with Crippen molar-refractivity contribution >= 4 is 6.16 Å². The molecule has 3 aliphatic carbocycles. The molecule has 9 atom stereocenters. The van der Waals surface area contributed by atoms with Crippen LogP contribution >= 0.6 is 0 Å². The molecule has 0 aromatic heterocycles. The summed E-state index contributed by atoms with van der Waals surface area (Å²) in [5, 5.41) is 0. The Morgan fingerprint density at radius 2 is 1.59 bits per heavy atom. The van der Waals surface area contributed by atoms with Crippen molar-refractivity contribution in [1.82, 2.24) is 0 Å². The van der Waals surface area contributed by atoms with Crippen LogP contribution in [0.5, 0.6) is 0 Å². The van der Waals surface area contributed by atoms with E-state index in [4.69, 9.17) is 9.47 Å². The van der Waals surface area contributed by atoms with E-state index in [0.717, 1.165) is 48.3 Å². The Labute approximate surface area is 198 Å². The highest BCUT2D eigenvalue weighted by Crippen LogP contribution is 2.65. The van der Waals surface area contributed by atoms with Gasteiger partial charge in [-0.2, -0.15) is 0 Å². The summed E-state index contributed by atoms with van der Waals surface area (Å²) in [5.41, 5.74) is 0.898. The number of carbonyl (C=O) groups excluding carboxylic acids is 1. The minimum absolute atomic E-state index is 0.0252. The van der Waals surface area contributed by atoms with E-state index in [2.05, 4.69) is 48.5 Å². The maximum atomic E-state index is 11.6. The monoisotopic (exact) mass is 448 g/mol. The molecule has 0 aliphatic heterocycles. The SMILES string of the molecule is COC(=O)OC1CC[C@@](C)([C@@H]2CC[C@]3(C)[C@H](CC[C@H]3[C@@H](C)CCCC(C)C)[C@H]2C)C(C)C1. The Bertz CT molecular complexity index is 630. The zero-order chi connectivity index (χ0) is 23.7. The molecular formula is C29H52O3. The summed E-state index contributed by atoms with van der Waals surface area (Å²) in [6.45, 7) is 17.5. The fourth-order valence-corrected chi connectivity index (χ4v) is 8.79. The molecule has 3 nitrogen and oxygen atoms in total. The van der Waals surface area contributed by atoms with Gasteiger partial charge in [-0.05, 0) is 97.2 Å². The van der Waals surface area contributed by atoms with Crippen molar-refractivity contribution in [3.63, 3.8) is 0 Å². The minimum atomic E-state index is -0.521. The second-order valence-corrected chi connectivity index (χ2v) is 13.0. The fraction of sp³-hybridized carbons (Fsp3) is 0.966. The van der Waals surface area contributed by atoms with Crippen LogP contribution in [0.15, 0.2) is 0 Å². The number of carbonyl (C=O) groups is 1. The summed E-state index contributed by atoms with van der Waals surface area (Å²) >= 11 is 0. The van der Waals surface area contributed by atoms with Crippen LogP contribution in [0.3, 0.4) is 0 Å². The first-order chi connectivity index (χ1) is 15.0. The molecule has 186 valence electrons. The Kier molecular flexibility index (Phi) is 8.30. The third-order valence-corrected chi connectivity index (χ3v) is 10.9. The van der Waals surface area contributed by atoms with Crippen molar-refractivity contribution in [2.24, 2.45) is 52.3 Å². The number of hydrogen-bond donors (Lipinski definition) is 0. The lowest BCUT2D eigenvalue weighted by Gasteiger charge is -2.57. The lowest BCUT2D eigenvalue weighted by atomic mass is 9.49. The van der Waals surface area contributed by atoms with Gasteiger partial charge in [0.1, 0.15) is 6.10 Å². The average molecular weight is 449 g/mol. The van der Waals surface area contributed by atoms with Crippen molar-refractivity contribution in [3.8, 4) is 0 Å². The average Bonchev–Trinajstić information content (AvgIpc) is 3.08. The maximum Gasteiger partial charge on any atom is 0.508 e. The molecule has 0 bridgehead atoms. The smallest absolute Gasteiger partial charge is 0.438 e. The molecule has 0 radical (unpaired) electrons. The van der Waals surface area contributed by atoms with Gasteiger partial charge in [-0.25, -0.2) is 4.79 Å². The summed E-state index contributed by atoms with van der Waals surface area (Å²) in [7, 11) is 1.40. The third kappa shape index (κ3) is 5.02. The van der Waals surface area contributed by atoms with Crippen molar-refractivity contribution in [2.75, 3.05) is 7.11 Å². The van der Waals surface area contributed by atoms with Gasteiger partial charge in [0.2, 0.25) is 0 Å². The van der Waals surface area contributed by atoms with Gasteiger partial charge < -0.3 is 9.47 Å². The third-order valence-electron chi connectivity index (χ3n) is 10.9. The highest BCUT2D eigenvalue weighted by atomic mass is 16.7. The number of ether oxygens (including phenoxy) is 2. The molecule has 0 aromatic carbocycles. The van der Waals surface area contributed by atoms with Gasteiger partial charge >= 0.3 is 6.16 Å². The molecule has 2 unspecified atom stereocenters. The van der Waals surface area contributed by atoms with E-state index >= 15 is 0 Å². The molecule has 0 aromatic rings. The number of rotatable bonds is 7. The van der Waals surface area contributed by atoms with Crippen molar-refractivity contribution in [3.05, 3.63) is 0 Å². The van der Waals surface area contributed by atoms with Crippen LogP contribution in [0.25, 0.3) is 0 Å². The molecule has 3 saturated carbocycles. The second-order valence-electron chi connectivity index (χ2n) is 13.0. The van der Waals surface area contributed by atoms with E-state index in [1.165, 1.54) is 58.5 Å². The Morgan fingerprint density at radius 1 is 0.938 bits per heavy atom. The van der Waals surface area contributed by atoms with Gasteiger partial charge in [0.15, 0.2) is 0 Å². The van der Waals surface area contributed by atoms with Crippen LogP contribution in [0.4, 0.5) is 4.79 Å². The fourth-order valence-electron chi connectivity index (χ4n) is 8.79. The topological polar surface area (TPSA) is 35.5 Å². The Hall–Kier alpha value is -0.730. The van der Waals surface area contributed by atoms with Gasteiger partial charge in [-0.1, -0.05) is 67.7 Å². The van der Waals surface area contributed by atoms with Crippen LogP contribution in [0.2, 0.25) is 0 Å². The highest BCUT2D eigenvalue weighted by Gasteiger charge is 2.57. The van der Waals surface area contributed by atoms with E-state index in [0.29, 0.717) is 16.7 Å². The quantitative estimate of drug-likeness (QED) is 0.366. The molecular weight excluding hydrogens is 396 g/mol. The van der Waals surface area contributed by atoms with Crippen LogP contribution in [-0.2, 0) is 9.47 Å². The molecule has 3 aliphatic rings. The van der Waals surface area contributed by atoms with Crippen molar-refractivity contribution < 1.29 is 14.3 Å². The molecule has 3 fully saturated rings. The van der Waals surface area contributed by atoms with Crippen LogP contribution in [0, 0.1) is 52.3 Å². The standard InChI is InChI=1S/C29H52O3/c1-19(2)10-9-11-20(3)24-12-13-25-22(5)26(15-17-29(24,25)7)28(6)16-14-23(18-21(28)4)32-27(30)31-8/h19-26H,9-18H2,1-8H3/t20-,21?,22+,23?,24-,25+,26+,28+,29-/m0/s1. The van der Waals surface area contributed by atoms with Crippen molar-refractivity contribution in [2.45, 2.75) is 119 Å². The van der Waals surface area contributed by atoms with Gasteiger partial charge in [-0.3, -0.25) is 0 Å². The molecule has 3 rings (SSSR count). The molecule has 0 N–H and O–H groups in total. The van der Waals surface area contributed by atoms with Crippen molar-refractivity contribution in [1.29, 1.82) is 0 Å². The summed E-state index contributed by atoms with van der Waals surface area (Å²) < 4.78 is 10.3. The molecule has 0 spiro atoms. The Morgan fingerprint density at radius 3 is 2.22 bits per heavy atom. The molecule has 0 amide bonds. The first-order valence-electron chi connectivity index (χ1n) is 13.8. The largest absolute Gasteiger partial charge is 0.508 e. The summed E-state index contributed by atoms with van der Waals surface area (Å²) in [4.78, 5) is 11.6. The lowest BCUT2D eigenvalue weighted by molar-refractivity contribution is -0.0927. The molecule has 3 heteroatoms.